The lowest BCUT2D eigenvalue weighted by molar-refractivity contribution is -0.665. The number of ether oxygens (including phenoxy) is 1. The highest BCUT2D eigenvalue weighted by atomic mass is 32.2. The number of thiazole rings is 1. The Hall–Kier alpha value is -1.53. The van der Waals surface area contributed by atoms with Gasteiger partial charge in [0.05, 0.1) is 19.1 Å². The van der Waals surface area contributed by atoms with Crippen LogP contribution in [-0.2, 0) is 11.3 Å². The maximum atomic E-state index is 10.6. The van der Waals surface area contributed by atoms with Crippen LogP contribution in [0.15, 0.2) is 23.1 Å². The number of methoxy groups -OCH3 is 1. The number of carboxylic acid groups (broad SMARTS) is 1. The van der Waals surface area contributed by atoms with E-state index < -0.39 is 5.97 Å². The molecule has 0 aliphatic heterocycles. The van der Waals surface area contributed by atoms with E-state index in [9.17, 15) is 9.90 Å². The van der Waals surface area contributed by atoms with Crippen molar-refractivity contribution in [1.29, 1.82) is 0 Å². The van der Waals surface area contributed by atoms with Crippen LogP contribution in [0.4, 0.5) is 0 Å². The zero-order chi connectivity index (χ0) is 16.1. The van der Waals surface area contributed by atoms with Gasteiger partial charge in [-0.15, -0.1) is 11.8 Å². The molecule has 0 saturated carbocycles. The molecular weight excluding hydrogens is 318 g/mol. The Bertz CT molecular complexity index is 707. The lowest BCUT2D eigenvalue weighted by atomic mass is 10.3. The van der Waals surface area contributed by atoms with E-state index >= 15 is 0 Å². The van der Waals surface area contributed by atoms with Crippen molar-refractivity contribution in [3.05, 3.63) is 28.1 Å². The fraction of sp³-hybridized carbons (Fsp3) is 0.375. The van der Waals surface area contributed by atoms with Crippen molar-refractivity contribution in [2.75, 3.05) is 12.9 Å². The number of aryl methyl sites for hydroxylation is 1. The van der Waals surface area contributed by atoms with Gasteiger partial charge >= 0.3 is 0 Å². The molecule has 0 saturated heterocycles. The number of fused-ring (bicyclic) bond motifs is 1. The Morgan fingerprint density at radius 2 is 2.23 bits per heavy atom. The van der Waals surface area contributed by atoms with Gasteiger partial charge in [-0.25, -0.2) is 0 Å². The summed E-state index contributed by atoms with van der Waals surface area (Å²) in [5.74, 6) is -0.205. The molecule has 0 unspecified atom stereocenters. The van der Waals surface area contributed by atoms with Crippen molar-refractivity contribution in [1.82, 2.24) is 0 Å². The van der Waals surface area contributed by atoms with Crippen LogP contribution in [0.5, 0.6) is 5.75 Å². The molecule has 0 amide bonds. The first kappa shape index (κ1) is 16.8. The van der Waals surface area contributed by atoms with Gasteiger partial charge in [-0.2, -0.15) is 4.57 Å². The molecular formula is C16H19NO3S2. The summed E-state index contributed by atoms with van der Waals surface area (Å²) in [6.45, 7) is 4.98. The Morgan fingerprint density at radius 3 is 2.82 bits per heavy atom. The van der Waals surface area contributed by atoms with Crippen LogP contribution < -0.4 is 14.4 Å². The Kier molecular flexibility index (Phi) is 5.85. The standard InChI is InChI=1S/C16H19NO3S2/c1-4-12(21-10-16(18)19)9-15-17(5-2)13-8-11(20-3)6-7-14(13)22-15/h6-9H,4-5,10H2,1-3H3/b12-9+. The third-order valence-electron chi connectivity index (χ3n) is 3.26. The molecule has 0 aliphatic carbocycles. The summed E-state index contributed by atoms with van der Waals surface area (Å²) in [5.41, 5.74) is 1.14. The maximum Gasteiger partial charge on any atom is 0.263 e. The molecule has 0 spiro atoms. The second-order valence-corrected chi connectivity index (χ2v) is 6.81. The molecule has 0 N–H and O–H groups in total. The van der Waals surface area contributed by atoms with E-state index in [1.165, 1.54) is 16.5 Å². The third kappa shape index (κ3) is 3.81. The maximum absolute atomic E-state index is 10.6. The Balaban J connectivity index is 2.43. The van der Waals surface area contributed by atoms with Gasteiger partial charge in [0.15, 0.2) is 0 Å². The van der Waals surface area contributed by atoms with E-state index in [-0.39, 0.29) is 5.75 Å². The smallest absolute Gasteiger partial charge is 0.263 e. The zero-order valence-corrected chi connectivity index (χ0v) is 14.6. The van der Waals surface area contributed by atoms with Gasteiger partial charge in [-0.1, -0.05) is 18.3 Å². The lowest BCUT2D eigenvalue weighted by Gasteiger charge is -2.04. The number of aliphatic carboxylic acids is 1. The monoisotopic (exact) mass is 337 g/mol. The van der Waals surface area contributed by atoms with Crippen LogP contribution >= 0.6 is 23.1 Å². The number of hydrogen-bond acceptors (Lipinski definition) is 5. The minimum absolute atomic E-state index is 0.00941. The van der Waals surface area contributed by atoms with Gasteiger partial charge in [-0.05, 0) is 30.4 Å². The van der Waals surface area contributed by atoms with E-state index in [4.69, 9.17) is 4.74 Å². The fourth-order valence-corrected chi connectivity index (χ4v) is 4.13. The van der Waals surface area contributed by atoms with Gasteiger partial charge < -0.3 is 14.6 Å². The van der Waals surface area contributed by atoms with E-state index in [2.05, 4.69) is 23.6 Å². The van der Waals surface area contributed by atoms with E-state index in [0.29, 0.717) is 0 Å². The van der Waals surface area contributed by atoms with E-state index in [1.807, 2.05) is 19.1 Å². The van der Waals surface area contributed by atoms with Crippen LogP contribution in [0.3, 0.4) is 0 Å². The number of nitrogens with zero attached hydrogens (tertiary/aromatic N) is 1. The summed E-state index contributed by atoms with van der Waals surface area (Å²) in [4.78, 5) is 11.7. The molecule has 0 atom stereocenters. The summed E-state index contributed by atoms with van der Waals surface area (Å²) in [5, 5.41) is 11.7. The second-order valence-electron chi connectivity index (χ2n) is 4.64. The van der Waals surface area contributed by atoms with Crippen molar-refractivity contribution in [3.8, 4) is 5.75 Å². The lowest BCUT2D eigenvalue weighted by Crippen LogP contribution is -2.33. The molecule has 0 fully saturated rings. The number of carbonyl (C=O) groups excluding carboxylic acids is 1. The average molecular weight is 337 g/mol. The van der Waals surface area contributed by atoms with Crippen LogP contribution in [0.25, 0.3) is 16.3 Å². The number of carbonyl (C=O) groups is 1. The quantitative estimate of drug-likeness (QED) is 0.728. The second kappa shape index (κ2) is 7.65. The Labute approximate surface area is 138 Å². The summed E-state index contributed by atoms with van der Waals surface area (Å²) in [6, 6.07) is 6.05. The first-order valence-corrected chi connectivity index (χ1v) is 8.92. The molecule has 2 aromatic rings. The molecule has 0 bridgehead atoms. The molecule has 2 rings (SSSR count). The van der Waals surface area contributed by atoms with Crippen LogP contribution in [0, 0.1) is 0 Å². The average Bonchev–Trinajstić information content (AvgIpc) is 2.86. The highest BCUT2D eigenvalue weighted by molar-refractivity contribution is 8.03. The van der Waals surface area contributed by atoms with Gasteiger partial charge in [-0.3, -0.25) is 0 Å². The van der Waals surface area contributed by atoms with Gasteiger partial charge in [0, 0.05) is 11.8 Å². The molecule has 118 valence electrons. The largest absolute Gasteiger partial charge is 0.549 e. The number of aromatic nitrogens is 1. The molecule has 6 heteroatoms. The van der Waals surface area contributed by atoms with Crippen molar-refractivity contribution in [3.63, 3.8) is 0 Å². The van der Waals surface area contributed by atoms with Gasteiger partial charge in [0.25, 0.3) is 5.01 Å². The molecule has 1 heterocycles. The Morgan fingerprint density at radius 1 is 1.45 bits per heavy atom. The minimum Gasteiger partial charge on any atom is -0.549 e. The van der Waals surface area contributed by atoms with Crippen LogP contribution in [-0.4, -0.2) is 18.8 Å². The van der Waals surface area contributed by atoms with Gasteiger partial charge in [0.1, 0.15) is 17.0 Å². The van der Waals surface area contributed by atoms with E-state index in [1.54, 1.807) is 18.4 Å². The SMILES string of the molecule is CC/C(=C\c1sc2ccc(OC)cc2[n+]1CC)SCC(=O)[O-]. The normalized spacial score (nSPS) is 11.9. The number of hydrogen-bond donors (Lipinski definition) is 0. The van der Waals surface area contributed by atoms with Crippen molar-refractivity contribution in [2.45, 2.75) is 26.8 Å². The summed E-state index contributed by atoms with van der Waals surface area (Å²) >= 11 is 3.03. The third-order valence-corrected chi connectivity index (χ3v) is 5.53. The number of rotatable bonds is 7. The molecule has 0 aliphatic rings. The molecule has 1 aromatic heterocycles. The van der Waals surface area contributed by atoms with Crippen LogP contribution in [0.1, 0.15) is 25.3 Å². The van der Waals surface area contributed by atoms with E-state index in [0.717, 1.165) is 34.1 Å². The summed E-state index contributed by atoms with van der Waals surface area (Å²) < 4.78 is 8.71. The number of carboxylic acids is 1. The highest BCUT2D eigenvalue weighted by Crippen LogP contribution is 2.28. The number of allylic oxidation sites excluding steroid dienone is 1. The van der Waals surface area contributed by atoms with Gasteiger partial charge in [0.2, 0.25) is 5.52 Å². The topological polar surface area (TPSA) is 53.2 Å². The summed E-state index contributed by atoms with van der Waals surface area (Å²) in [6.07, 6.45) is 2.88. The predicted octanol–water partition coefficient (Wildman–Crippen LogP) is 2.45. The number of thioether (sulfide) groups is 1. The molecule has 1 aromatic carbocycles. The molecule has 4 nitrogen and oxygen atoms in total. The number of benzene rings is 1. The molecule has 22 heavy (non-hydrogen) atoms. The summed E-state index contributed by atoms with van der Waals surface area (Å²) in [7, 11) is 1.66. The minimum atomic E-state index is -1.03. The zero-order valence-electron chi connectivity index (χ0n) is 12.9. The highest BCUT2D eigenvalue weighted by Gasteiger charge is 2.18. The van der Waals surface area contributed by atoms with Crippen LogP contribution in [0.2, 0.25) is 0 Å². The first-order chi connectivity index (χ1) is 10.6. The molecule has 0 radical (unpaired) electrons. The predicted molar refractivity (Wildman–Crippen MR) is 90.0 cm³/mol. The van der Waals surface area contributed by atoms with Crippen molar-refractivity contribution in [2.24, 2.45) is 0 Å². The van der Waals surface area contributed by atoms with Crippen molar-refractivity contribution < 1.29 is 19.2 Å². The fourth-order valence-electron chi connectivity index (χ4n) is 2.18. The van der Waals surface area contributed by atoms with Crippen molar-refractivity contribution >= 4 is 45.4 Å². The first-order valence-electron chi connectivity index (χ1n) is 7.12.